The van der Waals surface area contributed by atoms with Crippen LogP contribution in [0.1, 0.15) is 57.2 Å². The fourth-order valence-electron chi connectivity index (χ4n) is 4.46. The summed E-state index contributed by atoms with van der Waals surface area (Å²) in [7, 11) is 1.54. The maximum Gasteiger partial charge on any atom is 0.295 e. The summed E-state index contributed by atoms with van der Waals surface area (Å²) in [6.45, 7) is 9.63. The minimum Gasteiger partial charge on any atom is -0.507 e. The van der Waals surface area contributed by atoms with Crippen LogP contribution in [0.2, 0.25) is 0 Å². The number of carbonyl (C=O) groups excluding carboxylic acids is 2. The van der Waals surface area contributed by atoms with Crippen molar-refractivity contribution in [3.05, 3.63) is 65.2 Å². The zero-order chi connectivity index (χ0) is 26.1. The fourth-order valence-corrected chi connectivity index (χ4v) is 4.46. The van der Waals surface area contributed by atoms with Gasteiger partial charge in [-0.1, -0.05) is 57.9 Å². The minimum absolute atomic E-state index is 0.0874. The van der Waals surface area contributed by atoms with Crippen molar-refractivity contribution in [3.8, 4) is 11.5 Å². The van der Waals surface area contributed by atoms with Gasteiger partial charge in [0.15, 0.2) is 0 Å². The van der Waals surface area contributed by atoms with Gasteiger partial charge in [-0.05, 0) is 49.3 Å². The Balaban J connectivity index is 1.99. The van der Waals surface area contributed by atoms with E-state index in [0.29, 0.717) is 31.0 Å². The average Bonchev–Trinajstić information content (AvgIpc) is 3.16. The van der Waals surface area contributed by atoms with E-state index in [4.69, 9.17) is 9.47 Å². The molecule has 0 aliphatic carbocycles. The highest BCUT2D eigenvalue weighted by atomic mass is 16.5. The molecule has 1 heterocycles. The highest BCUT2D eigenvalue weighted by Gasteiger charge is 2.46. The third-order valence-electron chi connectivity index (χ3n) is 6.65. The summed E-state index contributed by atoms with van der Waals surface area (Å²) in [6, 6.07) is 13.6. The molecule has 1 fully saturated rings. The fraction of sp³-hybridized carbons (Fsp3) is 0.448. The van der Waals surface area contributed by atoms with Gasteiger partial charge in [0.1, 0.15) is 17.3 Å². The molecule has 1 atom stereocenters. The van der Waals surface area contributed by atoms with Crippen LogP contribution in [0.3, 0.4) is 0 Å². The van der Waals surface area contributed by atoms with Gasteiger partial charge in [0.05, 0.1) is 25.3 Å². The number of aliphatic hydroxyl groups is 1. The summed E-state index contributed by atoms with van der Waals surface area (Å²) in [5.41, 5.74) is 1.26. The van der Waals surface area contributed by atoms with Gasteiger partial charge in [0.25, 0.3) is 11.7 Å². The molecule has 1 saturated heterocycles. The summed E-state index contributed by atoms with van der Waals surface area (Å²) in [6.07, 6.45) is 3.23. The molecule has 36 heavy (non-hydrogen) atoms. The van der Waals surface area contributed by atoms with Crippen molar-refractivity contribution in [2.45, 2.75) is 46.1 Å². The number of nitrogens with zero attached hydrogens (tertiary/aromatic N) is 2. The molecule has 0 spiro atoms. The number of amides is 1. The Labute approximate surface area is 214 Å². The molecule has 1 unspecified atom stereocenters. The number of aliphatic hydroxyl groups excluding tert-OH is 1. The number of hydrogen-bond donors (Lipinski definition) is 1. The van der Waals surface area contributed by atoms with E-state index in [0.717, 1.165) is 43.7 Å². The number of carbonyl (C=O) groups is 2. The summed E-state index contributed by atoms with van der Waals surface area (Å²) in [4.78, 5) is 30.2. The molecule has 0 saturated carbocycles. The van der Waals surface area contributed by atoms with Crippen LogP contribution in [0, 0.1) is 0 Å². The topological polar surface area (TPSA) is 79.3 Å². The van der Waals surface area contributed by atoms with Crippen molar-refractivity contribution in [2.24, 2.45) is 0 Å². The molecule has 1 aliphatic rings. The van der Waals surface area contributed by atoms with Gasteiger partial charge in [0.2, 0.25) is 0 Å². The normalized spacial score (nSPS) is 17.1. The maximum atomic E-state index is 13.2. The lowest BCUT2D eigenvalue weighted by molar-refractivity contribution is -0.140. The Morgan fingerprint density at radius 3 is 2.36 bits per heavy atom. The first-order valence-corrected chi connectivity index (χ1v) is 12.8. The number of ether oxygens (including phenoxy) is 2. The van der Waals surface area contributed by atoms with Crippen LogP contribution in [0.5, 0.6) is 11.5 Å². The van der Waals surface area contributed by atoms with Crippen molar-refractivity contribution < 1.29 is 24.2 Å². The van der Waals surface area contributed by atoms with E-state index < -0.39 is 17.7 Å². The number of unbranched alkanes of at least 4 members (excludes halogenated alkanes) is 2. The maximum absolute atomic E-state index is 13.2. The molecular weight excluding hydrogens is 456 g/mol. The monoisotopic (exact) mass is 494 g/mol. The molecule has 1 aliphatic heterocycles. The van der Waals surface area contributed by atoms with E-state index >= 15 is 0 Å². The molecular formula is C29H38N2O5. The number of Topliss-reactive ketones (excluding diaryl/α,β-unsaturated/α-hetero) is 1. The van der Waals surface area contributed by atoms with E-state index in [9.17, 15) is 14.7 Å². The Morgan fingerprint density at radius 2 is 1.72 bits per heavy atom. The van der Waals surface area contributed by atoms with Gasteiger partial charge < -0.3 is 24.4 Å². The first-order chi connectivity index (χ1) is 17.4. The molecule has 2 aromatic rings. The molecule has 7 heteroatoms. The van der Waals surface area contributed by atoms with Gasteiger partial charge in [-0.25, -0.2) is 0 Å². The molecule has 1 amide bonds. The van der Waals surface area contributed by atoms with Crippen LogP contribution in [-0.4, -0.2) is 66.5 Å². The van der Waals surface area contributed by atoms with Crippen molar-refractivity contribution in [1.82, 2.24) is 9.80 Å². The molecule has 0 bridgehead atoms. The number of ketones is 1. The molecule has 2 aromatic carbocycles. The second kappa shape index (κ2) is 13.1. The summed E-state index contributed by atoms with van der Waals surface area (Å²) >= 11 is 0. The van der Waals surface area contributed by atoms with Crippen LogP contribution in [0.4, 0.5) is 0 Å². The van der Waals surface area contributed by atoms with E-state index in [1.54, 1.807) is 29.2 Å². The molecule has 0 aromatic heterocycles. The van der Waals surface area contributed by atoms with Gasteiger partial charge in [-0.15, -0.1) is 0 Å². The Hall–Kier alpha value is -3.32. The molecule has 7 nitrogen and oxygen atoms in total. The molecule has 0 radical (unpaired) electrons. The Bertz CT molecular complexity index is 1060. The predicted octanol–water partition coefficient (Wildman–Crippen LogP) is 5.03. The predicted molar refractivity (Wildman–Crippen MR) is 141 cm³/mol. The van der Waals surface area contributed by atoms with Crippen molar-refractivity contribution in [1.29, 1.82) is 0 Å². The lowest BCUT2D eigenvalue weighted by Crippen LogP contribution is -2.38. The number of likely N-dealkylation sites (N-methyl/N-ethyl adjacent to an activating group) is 1. The zero-order valence-corrected chi connectivity index (χ0v) is 21.8. The highest BCUT2D eigenvalue weighted by molar-refractivity contribution is 6.46. The smallest absolute Gasteiger partial charge is 0.295 e. The molecule has 1 N–H and O–H groups in total. The van der Waals surface area contributed by atoms with E-state index in [2.05, 4.69) is 25.7 Å². The minimum atomic E-state index is -0.694. The van der Waals surface area contributed by atoms with Crippen molar-refractivity contribution >= 4 is 17.4 Å². The van der Waals surface area contributed by atoms with Gasteiger partial charge in [-0.2, -0.15) is 0 Å². The van der Waals surface area contributed by atoms with Crippen LogP contribution in [-0.2, 0) is 9.59 Å². The van der Waals surface area contributed by atoms with Crippen LogP contribution in [0.15, 0.2) is 54.1 Å². The number of hydrogen-bond acceptors (Lipinski definition) is 6. The highest BCUT2D eigenvalue weighted by Crippen LogP contribution is 2.40. The third kappa shape index (κ3) is 6.26. The van der Waals surface area contributed by atoms with Crippen molar-refractivity contribution in [3.63, 3.8) is 0 Å². The molecule has 194 valence electrons. The first kappa shape index (κ1) is 27.3. The SMILES string of the molecule is CCCCCOc1ccc(C2C(=C(O)c3cccc(OC)c3)C(=O)C(=O)N2CCN(CC)CC)cc1. The average molecular weight is 495 g/mol. The van der Waals surface area contributed by atoms with Crippen LogP contribution in [0.25, 0.3) is 5.76 Å². The standard InChI is InChI=1S/C29H38N2O5/c1-5-8-9-19-36-23-15-13-21(14-16-23)26-25(27(32)22-11-10-12-24(20-22)35-4)28(33)29(34)31(26)18-17-30(6-2)7-3/h10-16,20,26,32H,5-9,17-19H2,1-4H3. The van der Waals surface area contributed by atoms with Crippen LogP contribution >= 0.6 is 0 Å². The zero-order valence-electron chi connectivity index (χ0n) is 21.8. The van der Waals surface area contributed by atoms with E-state index in [1.165, 1.54) is 7.11 Å². The lowest BCUT2D eigenvalue weighted by Gasteiger charge is -2.28. The second-order valence-corrected chi connectivity index (χ2v) is 8.88. The Morgan fingerprint density at radius 1 is 1.00 bits per heavy atom. The number of rotatable bonds is 13. The molecule has 3 rings (SSSR count). The summed E-state index contributed by atoms with van der Waals surface area (Å²) < 4.78 is 11.1. The van der Waals surface area contributed by atoms with Gasteiger partial charge in [0, 0.05) is 18.7 Å². The van der Waals surface area contributed by atoms with E-state index in [-0.39, 0.29) is 11.3 Å². The summed E-state index contributed by atoms with van der Waals surface area (Å²) in [5, 5.41) is 11.3. The largest absolute Gasteiger partial charge is 0.507 e. The number of likely N-dealkylation sites (tertiary alicyclic amines) is 1. The summed E-state index contributed by atoms with van der Waals surface area (Å²) in [5.74, 6) is -0.197. The van der Waals surface area contributed by atoms with Crippen molar-refractivity contribution in [2.75, 3.05) is 39.9 Å². The van der Waals surface area contributed by atoms with Crippen LogP contribution < -0.4 is 9.47 Å². The lowest BCUT2D eigenvalue weighted by atomic mass is 9.95. The number of benzene rings is 2. The second-order valence-electron chi connectivity index (χ2n) is 8.88. The third-order valence-corrected chi connectivity index (χ3v) is 6.65. The quantitative estimate of drug-likeness (QED) is 0.182. The Kier molecular flexibility index (Phi) is 9.94. The number of methoxy groups -OCH3 is 1. The van der Waals surface area contributed by atoms with Gasteiger partial charge >= 0.3 is 0 Å². The van der Waals surface area contributed by atoms with Gasteiger partial charge in [-0.3, -0.25) is 9.59 Å². The first-order valence-electron chi connectivity index (χ1n) is 12.8. The van der Waals surface area contributed by atoms with E-state index in [1.807, 2.05) is 24.3 Å².